The number of nitrogens with one attached hydrogen (secondary N) is 2. The van der Waals surface area contributed by atoms with E-state index in [-0.39, 0.29) is 11.9 Å². The minimum atomic E-state index is -0.00330. The van der Waals surface area contributed by atoms with E-state index in [4.69, 9.17) is 34.8 Å². The maximum Gasteiger partial charge on any atom is 0.261 e. The molecule has 0 saturated carbocycles. The van der Waals surface area contributed by atoms with E-state index in [0.717, 1.165) is 21.9 Å². The molecular weight excluding hydrogens is 419 g/mol. The van der Waals surface area contributed by atoms with Crippen molar-refractivity contribution in [2.75, 3.05) is 0 Å². The molecule has 0 spiro atoms. The Balaban J connectivity index is 1.43. The van der Waals surface area contributed by atoms with Gasteiger partial charge in [-0.25, -0.2) is 0 Å². The minimum absolute atomic E-state index is 0.00330. The van der Waals surface area contributed by atoms with Crippen LogP contribution in [0.1, 0.15) is 28.9 Å². The van der Waals surface area contributed by atoms with Crippen molar-refractivity contribution in [2.24, 2.45) is 0 Å². The molecule has 2 bridgehead atoms. The zero-order valence-electron chi connectivity index (χ0n) is 13.0. The summed E-state index contributed by atoms with van der Waals surface area (Å²) in [7, 11) is 0. The number of fused-ring (bicyclic) bond motifs is 2. The standard InChI is InChI=1S/C17H15Cl3N2OS2/c18-9-6-11(20)15(7-10(9)19)25-16-4-3-14(24-16)17(23)22-13-5-8-1-2-12(13)21-8/h3-4,6-8,12-13,21H,1-2,5H2,(H,22,23)/t8-,12+,13-/m1/s1. The monoisotopic (exact) mass is 432 g/mol. The summed E-state index contributed by atoms with van der Waals surface area (Å²) in [5.74, 6) is -0.00330. The number of rotatable bonds is 4. The summed E-state index contributed by atoms with van der Waals surface area (Å²) >= 11 is 21.2. The number of hydrogen-bond acceptors (Lipinski definition) is 4. The topological polar surface area (TPSA) is 41.1 Å². The summed E-state index contributed by atoms with van der Waals surface area (Å²) in [6.45, 7) is 0. The number of amides is 1. The lowest BCUT2D eigenvalue weighted by Gasteiger charge is -2.20. The van der Waals surface area contributed by atoms with Gasteiger partial charge in [-0.15, -0.1) is 11.3 Å². The second-order valence-corrected chi connectivity index (χ2v) is 9.93. The SMILES string of the molecule is O=C(N[C@@H]1C[C@H]2CC[C@@H]1N2)c1ccc(Sc2cc(Cl)c(Cl)cc2Cl)s1. The molecule has 2 fully saturated rings. The van der Waals surface area contributed by atoms with Gasteiger partial charge in [-0.1, -0.05) is 46.6 Å². The van der Waals surface area contributed by atoms with Gasteiger partial charge in [-0.3, -0.25) is 4.79 Å². The van der Waals surface area contributed by atoms with Crippen LogP contribution in [0.15, 0.2) is 33.4 Å². The van der Waals surface area contributed by atoms with E-state index in [0.29, 0.717) is 32.0 Å². The molecule has 0 radical (unpaired) electrons. The van der Waals surface area contributed by atoms with Crippen molar-refractivity contribution in [3.63, 3.8) is 0 Å². The molecule has 4 rings (SSSR count). The summed E-state index contributed by atoms with van der Waals surface area (Å²) in [4.78, 5) is 14.0. The lowest BCUT2D eigenvalue weighted by Crippen LogP contribution is -2.42. The highest BCUT2D eigenvalue weighted by Crippen LogP contribution is 2.40. The summed E-state index contributed by atoms with van der Waals surface area (Å²) < 4.78 is 0.983. The van der Waals surface area contributed by atoms with Crippen molar-refractivity contribution in [3.8, 4) is 0 Å². The summed E-state index contributed by atoms with van der Waals surface area (Å²) in [6, 6.07) is 8.42. The molecule has 0 aliphatic carbocycles. The second-order valence-electron chi connectivity index (χ2n) is 6.28. The lowest BCUT2D eigenvalue weighted by atomic mass is 9.95. The highest BCUT2D eigenvalue weighted by Gasteiger charge is 2.39. The van der Waals surface area contributed by atoms with Gasteiger partial charge in [-0.2, -0.15) is 0 Å². The van der Waals surface area contributed by atoms with E-state index >= 15 is 0 Å². The lowest BCUT2D eigenvalue weighted by molar-refractivity contribution is 0.0935. The Bertz CT molecular complexity index is 826. The van der Waals surface area contributed by atoms with E-state index < -0.39 is 0 Å². The van der Waals surface area contributed by atoms with Crippen LogP contribution in [0.4, 0.5) is 0 Å². The average Bonchev–Trinajstić information content (AvgIpc) is 3.29. The molecule has 2 aromatic rings. The quantitative estimate of drug-likeness (QED) is 0.627. The van der Waals surface area contributed by atoms with Crippen molar-refractivity contribution in [2.45, 2.75) is 46.5 Å². The van der Waals surface area contributed by atoms with Crippen molar-refractivity contribution in [1.29, 1.82) is 0 Å². The molecule has 1 aromatic carbocycles. The third kappa shape index (κ3) is 3.82. The molecule has 2 aliphatic rings. The van der Waals surface area contributed by atoms with Gasteiger partial charge >= 0.3 is 0 Å². The van der Waals surface area contributed by atoms with Gasteiger partial charge < -0.3 is 10.6 Å². The van der Waals surface area contributed by atoms with E-state index in [1.807, 2.05) is 12.1 Å². The fraction of sp³-hybridized carbons (Fsp3) is 0.353. The molecule has 132 valence electrons. The highest BCUT2D eigenvalue weighted by atomic mass is 35.5. The molecule has 8 heteroatoms. The Kier molecular flexibility index (Phi) is 5.24. The fourth-order valence-corrected chi connectivity index (χ4v) is 6.17. The molecule has 3 atom stereocenters. The third-order valence-corrected chi connectivity index (χ3v) is 8.03. The maximum absolute atomic E-state index is 12.5. The van der Waals surface area contributed by atoms with Crippen LogP contribution in [0.2, 0.25) is 15.1 Å². The van der Waals surface area contributed by atoms with Crippen LogP contribution in [0.25, 0.3) is 0 Å². The molecule has 2 N–H and O–H groups in total. The number of benzene rings is 1. The molecular formula is C17H15Cl3N2OS2. The molecule has 3 heterocycles. The van der Waals surface area contributed by atoms with Crippen molar-refractivity contribution in [3.05, 3.63) is 44.2 Å². The van der Waals surface area contributed by atoms with Gasteiger partial charge in [0, 0.05) is 23.0 Å². The number of carbonyl (C=O) groups is 1. The number of carbonyl (C=O) groups excluding carboxylic acids is 1. The Hall–Kier alpha value is -0.430. The minimum Gasteiger partial charge on any atom is -0.347 e. The Morgan fingerprint density at radius 2 is 1.96 bits per heavy atom. The highest BCUT2D eigenvalue weighted by molar-refractivity contribution is 8.01. The molecule has 25 heavy (non-hydrogen) atoms. The van der Waals surface area contributed by atoms with Gasteiger partial charge in [0.15, 0.2) is 0 Å². The van der Waals surface area contributed by atoms with Gasteiger partial charge in [0.2, 0.25) is 0 Å². The first kappa shape index (κ1) is 18.0. The largest absolute Gasteiger partial charge is 0.347 e. The number of halogens is 3. The van der Waals surface area contributed by atoms with Gasteiger partial charge in [0.05, 0.1) is 24.2 Å². The van der Waals surface area contributed by atoms with Crippen LogP contribution in [-0.2, 0) is 0 Å². The Labute approximate surface area is 169 Å². The third-order valence-electron chi connectivity index (χ3n) is 4.61. The first-order valence-corrected chi connectivity index (χ1v) is 10.8. The Morgan fingerprint density at radius 3 is 2.68 bits per heavy atom. The van der Waals surface area contributed by atoms with Crippen LogP contribution in [0.3, 0.4) is 0 Å². The van der Waals surface area contributed by atoms with Gasteiger partial charge in [0.1, 0.15) is 0 Å². The van der Waals surface area contributed by atoms with E-state index in [2.05, 4.69) is 10.6 Å². The van der Waals surface area contributed by atoms with Crippen molar-refractivity contribution >= 4 is 63.8 Å². The normalized spacial score (nSPS) is 24.7. The molecule has 3 nitrogen and oxygen atoms in total. The molecule has 0 unspecified atom stereocenters. The van der Waals surface area contributed by atoms with Crippen LogP contribution >= 0.6 is 57.9 Å². The zero-order valence-corrected chi connectivity index (χ0v) is 16.9. The van der Waals surface area contributed by atoms with Crippen LogP contribution in [-0.4, -0.2) is 24.0 Å². The van der Waals surface area contributed by atoms with E-state index in [1.54, 1.807) is 12.1 Å². The predicted molar refractivity (Wildman–Crippen MR) is 106 cm³/mol. The number of hydrogen-bond donors (Lipinski definition) is 2. The second kappa shape index (κ2) is 7.29. The van der Waals surface area contributed by atoms with E-state index in [9.17, 15) is 4.79 Å². The first-order valence-electron chi connectivity index (χ1n) is 7.99. The van der Waals surface area contributed by atoms with Crippen LogP contribution < -0.4 is 10.6 Å². The Morgan fingerprint density at radius 1 is 1.16 bits per heavy atom. The van der Waals surface area contributed by atoms with Crippen LogP contribution in [0.5, 0.6) is 0 Å². The molecule has 1 aromatic heterocycles. The first-order chi connectivity index (χ1) is 12.0. The number of thiophene rings is 1. The maximum atomic E-state index is 12.5. The summed E-state index contributed by atoms with van der Waals surface area (Å²) in [6.07, 6.45) is 3.40. The smallest absolute Gasteiger partial charge is 0.261 e. The van der Waals surface area contributed by atoms with Gasteiger partial charge in [0.25, 0.3) is 5.91 Å². The predicted octanol–water partition coefficient (Wildman–Crippen LogP) is 5.48. The van der Waals surface area contributed by atoms with E-state index in [1.165, 1.54) is 29.5 Å². The molecule has 2 saturated heterocycles. The fourth-order valence-electron chi connectivity index (χ4n) is 3.41. The molecule has 2 aliphatic heterocycles. The van der Waals surface area contributed by atoms with Gasteiger partial charge in [-0.05, 0) is 43.5 Å². The average molecular weight is 434 g/mol. The zero-order chi connectivity index (χ0) is 17.6. The van der Waals surface area contributed by atoms with Crippen molar-refractivity contribution in [1.82, 2.24) is 10.6 Å². The summed E-state index contributed by atoms with van der Waals surface area (Å²) in [5.41, 5.74) is 0. The van der Waals surface area contributed by atoms with Crippen LogP contribution in [0, 0.1) is 0 Å². The van der Waals surface area contributed by atoms with Crippen molar-refractivity contribution < 1.29 is 4.79 Å². The summed E-state index contributed by atoms with van der Waals surface area (Å²) in [5, 5.41) is 8.15. The molecule has 1 amide bonds.